The summed E-state index contributed by atoms with van der Waals surface area (Å²) in [5.74, 6) is 0.542. The van der Waals surface area contributed by atoms with Crippen molar-refractivity contribution < 1.29 is 0 Å². The summed E-state index contributed by atoms with van der Waals surface area (Å²) >= 11 is 0. The molecule has 0 aliphatic heterocycles. The highest BCUT2D eigenvalue weighted by atomic mass is 14.7. The van der Waals surface area contributed by atoms with Crippen LogP contribution in [0.4, 0.5) is 0 Å². The van der Waals surface area contributed by atoms with E-state index >= 15 is 0 Å². The van der Waals surface area contributed by atoms with Crippen LogP contribution in [-0.4, -0.2) is 5.71 Å². The minimum Gasteiger partial charge on any atom is -0.284 e. The quantitative estimate of drug-likeness (QED) is 0.510. The molecule has 0 aliphatic carbocycles. The van der Waals surface area contributed by atoms with Crippen LogP contribution in [0.1, 0.15) is 74.4 Å². The Morgan fingerprint density at radius 1 is 1.00 bits per heavy atom. The highest BCUT2D eigenvalue weighted by Crippen LogP contribution is 2.20. The Kier molecular flexibility index (Phi) is 7.80. The predicted octanol–water partition coefficient (Wildman–Crippen LogP) is 6.28. The highest BCUT2D eigenvalue weighted by molar-refractivity contribution is 6.00. The summed E-state index contributed by atoms with van der Waals surface area (Å²) in [6.07, 6.45) is 3.90. The number of nitriles is 1. The molecule has 2 heteroatoms. The minimum absolute atomic E-state index is 0.542. The van der Waals surface area contributed by atoms with Crippen molar-refractivity contribution in [3.05, 3.63) is 69.8 Å². The zero-order chi connectivity index (χ0) is 19.8. The van der Waals surface area contributed by atoms with Crippen LogP contribution in [-0.2, 0) is 25.8 Å². The second-order valence-corrected chi connectivity index (χ2v) is 7.46. The van der Waals surface area contributed by atoms with E-state index in [0.717, 1.165) is 48.1 Å². The number of rotatable bonds is 8. The zero-order valence-electron chi connectivity index (χ0n) is 17.5. The average molecular weight is 361 g/mol. The molecule has 0 amide bonds. The maximum atomic E-state index is 9.55. The van der Waals surface area contributed by atoms with Crippen LogP contribution in [0, 0.1) is 17.2 Å². The molecule has 27 heavy (non-hydrogen) atoms. The molecule has 0 saturated heterocycles. The van der Waals surface area contributed by atoms with Crippen molar-refractivity contribution in [2.24, 2.45) is 10.9 Å². The van der Waals surface area contributed by atoms with Crippen molar-refractivity contribution >= 4 is 5.71 Å². The Bertz CT molecular complexity index is 838. The van der Waals surface area contributed by atoms with Gasteiger partial charge in [-0.2, -0.15) is 5.26 Å². The van der Waals surface area contributed by atoms with Gasteiger partial charge in [0.25, 0.3) is 0 Å². The molecule has 2 aromatic carbocycles. The number of nitrogens with zero attached hydrogens (tertiary/aromatic N) is 2. The van der Waals surface area contributed by atoms with E-state index in [0.29, 0.717) is 12.5 Å². The van der Waals surface area contributed by atoms with Crippen LogP contribution in [0.3, 0.4) is 0 Å². The Hall–Kier alpha value is -2.40. The van der Waals surface area contributed by atoms with Crippen LogP contribution in [0.5, 0.6) is 0 Å². The van der Waals surface area contributed by atoms with E-state index in [1.807, 2.05) is 6.07 Å². The maximum Gasteiger partial charge on any atom is 0.0994 e. The normalized spacial score (nSPS) is 11.7. The summed E-state index contributed by atoms with van der Waals surface area (Å²) in [4.78, 5) is 4.94. The molecule has 0 unspecified atom stereocenters. The van der Waals surface area contributed by atoms with Gasteiger partial charge < -0.3 is 0 Å². The number of hydrogen-bond donors (Lipinski definition) is 0. The largest absolute Gasteiger partial charge is 0.284 e. The SMILES string of the molecule is CCC(=NCc1cccc(CC)c1CC)c1ccc(CC(C)C)c(C#N)c1. The van der Waals surface area contributed by atoms with Gasteiger partial charge in [0.2, 0.25) is 0 Å². The molecule has 0 N–H and O–H groups in total. The van der Waals surface area contributed by atoms with Crippen molar-refractivity contribution in [2.45, 2.75) is 66.8 Å². The van der Waals surface area contributed by atoms with Gasteiger partial charge in [0.05, 0.1) is 18.2 Å². The van der Waals surface area contributed by atoms with Gasteiger partial charge in [-0.3, -0.25) is 4.99 Å². The number of benzene rings is 2. The Balaban J connectivity index is 2.33. The van der Waals surface area contributed by atoms with Crippen LogP contribution >= 0.6 is 0 Å². The third kappa shape index (κ3) is 5.30. The highest BCUT2D eigenvalue weighted by Gasteiger charge is 2.10. The number of aryl methyl sites for hydroxylation is 1. The fourth-order valence-corrected chi connectivity index (χ4v) is 3.69. The first kappa shape index (κ1) is 20.9. The summed E-state index contributed by atoms with van der Waals surface area (Å²) in [6.45, 7) is 11.6. The topological polar surface area (TPSA) is 36.1 Å². The van der Waals surface area contributed by atoms with Crippen molar-refractivity contribution in [1.29, 1.82) is 5.26 Å². The van der Waals surface area contributed by atoms with E-state index < -0.39 is 0 Å². The van der Waals surface area contributed by atoms with E-state index in [4.69, 9.17) is 4.99 Å². The first-order valence-electron chi connectivity index (χ1n) is 10.2. The van der Waals surface area contributed by atoms with Crippen molar-refractivity contribution in [2.75, 3.05) is 0 Å². The lowest BCUT2D eigenvalue weighted by atomic mass is 9.95. The predicted molar refractivity (Wildman–Crippen MR) is 115 cm³/mol. The summed E-state index contributed by atoms with van der Waals surface area (Å²) < 4.78 is 0. The molecular formula is C25H32N2. The lowest BCUT2D eigenvalue weighted by Gasteiger charge is -2.13. The van der Waals surface area contributed by atoms with E-state index in [1.165, 1.54) is 16.7 Å². The van der Waals surface area contributed by atoms with Gasteiger partial charge in [-0.25, -0.2) is 0 Å². The molecule has 2 rings (SSSR count). The Labute approximate surface area is 165 Å². The average Bonchev–Trinajstić information content (AvgIpc) is 2.68. The Morgan fingerprint density at radius 3 is 2.33 bits per heavy atom. The molecule has 0 spiro atoms. The van der Waals surface area contributed by atoms with Gasteiger partial charge in [-0.1, -0.05) is 65.0 Å². The lowest BCUT2D eigenvalue weighted by Crippen LogP contribution is -2.05. The molecule has 0 bridgehead atoms. The maximum absolute atomic E-state index is 9.55. The Morgan fingerprint density at radius 2 is 1.74 bits per heavy atom. The molecule has 0 saturated carbocycles. The fraction of sp³-hybridized carbons (Fsp3) is 0.440. The van der Waals surface area contributed by atoms with E-state index in [-0.39, 0.29) is 0 Å². The van der Waals surface area contributed by atoms with Crippen LogP contribution in [0.15, 0.2) is 41.4 Å². The molecule has 142 valence electrons. The summed E-state index contributed by atoms with van der Waals surface area (Å²) in [7, 11) is 0. The second kappa shape index (κ2) is 10.1. The second-order valence-electron chi connectivity index (χ2n) is 7.46. The molecule has 2 nitrogen and oxygen atoms in total. The summed E-state index contributed by atoms with van der Waals surface area (Å²) in [5, 5.41) is 9.55. The van der Waals surface area contributed by atoms with Crippen molar-refractivity contribution in [3.63, 3.8) is 0 Å². The molecule has 0 aliphatic rings. The van der Waals surface area contributed by atoms with E-state index in [2.05, 4.69) is 71.0 Å². The summed E-state index contributed by atoms with van der Waals surface area (Å²) in [6, 6.07) is 15.2. The standard InChI is InChI=1S/C25H32N2/c1-6-19-10-9-11-22(24(19)7-2)17-27-25(8-3)21-13-12-20(14-18(4)5)23(15-21)16-26/h9-13,15,18H,6-8,14,17H2,1-5H3. The molecule has 2 aromatic rings. The van der Waals surface area contributed by atoms with E-state index in [1.54, 1.807) is 0 Å². The molecule has 0 heterocycles. The third-order valence-electron chi connectivity index (χ3n) is 5.07. The molecule has 0 aromatic heterocycles. The third-order valence-corrected chi connectivity index (χ3v) is 5.07. The molecular weight excluding hydrogens is 328 g/mol. The van der Waals surface area contributed by atoms with Crippen molar-refractivity contribution in [1.82, 2.24) is 0 Å². The van der Waals surface area contributed by atoms with Crippen LogP contribution < -0.4 is 0 Å². The zero-order valence-corrected chi connectivity index (χ0v) is 17.5. The van der Waals surface area contributed by atoms with Crippen molar-refractivity contribution in [3.8, 4) is 6.07 Å². The van der Waals surface area contributed by atoms with Gasteiger partial charge in [0.1, 0.15) is 0 Å². The minimum atomic E-state index is 0.542. The smallest absolute Gasteiger partial charge is 0.0994 e. The van der Waals surface area contributed by atoms with Gasteiger partial charge in [0, 0.05) is 5.71 Å². The van der Waals surface area contributed by atoms with Gasteiger partial charge in [-0.05, 0) is 65.5 Å². The van der Waals surface area contributed by atoms with Gasteiger partial charge in [0.15, 0.2) is 0 Å². The fourth-order valence-electron chi connectivity index (χ4n) is 3.69. The number of hydrogen-bond acceptors (Lipinski definition) is 2. The molecule has 0 atom stereocenters. The monoisotopic (exact) mass is 360 g/mol. The van der Waals surface area contributed by atoms with Crippen LogP contribution in [0.2, 0.25) is 0 Å². The van der Waals surface area contributed by atoms with Crippen LogP contribution in [0.25, 0.3) is 0 Å². The first-order valence-corrected chi connectivity index (χ1v) is 10.2. The van der Waals surface area contributed by atoms with E-state index in [9.17, 15) is 5.26 Å². The summed E-state index contributed by atoms with van der Waals surface area (Å²) in [5.41, 5.74) is 8.25. The van der Waals surface area contributed by atoms with Gasteiger partial charge >= 0.3 is 0 Å². The molecule has 0 radical (unpaired) electrons. The first-order chi connectivity index (χ1) is 13.0. The number of aliphatic imine (C=N–C) groups is 1. The molecule has 0 fully saturated rings. The lowest BCUT2D eigenvalue weighted by molar-refractivity contribution is 0.646. The van der Waals surface area contributed by atoms with Gasteiger partial charge in [-0.15, -0.1) is 0 Å².